The van der Waals surface area contributed by atoms with Gasteiger partial charge in [0.2, 0.25) is 0 Å². The molecule has 2 aliphatic heterocycles. The lowest BCUT2D eigenvalue weighted by Crippen LogP contribution is -2.49. The number of hydrogen-bond donors (Lipinski definition) is 2. The highest BCUT2D eigenvalue weighted by Gasteiger charge is 2.29. The minimum absolute atomic E-state index is 0.0492. The van der Waals surface area contributed by atoms with Crippen LogP contribution in [0.1, 0.15) is 15.9 Å². The lowest BCUT2D eigenvalue weighted by atomic mass is 10.1. The van der Waals surface area contributed by atoms with Crippen LogP contribution < -0.4 is 15.4 Å². The number of rotatable bonds is 4. The van der Waals surface area contributed by atoms with Gasteiger partial charge in [-0.05, 0) is 47.7 Å². The van der Waals surface area contributed by atoms with Crippen LogP contribution in [0.2, 0.25) is 0 Å². The molecule has 0 bridgehead atoms. The van der Waals surface area contributed by atoms with Gasteiger partial charge in [0.25, 0.3) is 17.1 Å². The maximum absolute atomic E-state index is 12.5. The summed E-state index contributed by atoms with van der Waals surface area (Å²) in [5.74, 6) is 0.210. The van der Waals surface area contributed by atoms with Crippen molar-refractivity contribution in [3.63, 3.8) is 0 Å². The molecule has 2 aromatic rings. The number of imide groups is 1. The number of carbonyl (C=O) groups is 3. The Hall–Kier alpha value is -3.26. The van der Waals surface area contributed by atoms with Crippen molar-refractivity contribution in [1.82, 2.24) is 10.2 Å². The summed E-state index contributed by atoms with van der Waals surface area (Å²) in [4.78, 5) is 37.2. The molecule has 0 aliphatic carbocycles. The average molecular weight is 395 g/mol. The summed E-state index contributed by atoms with van der Waals surface area (Å²) in [6, 6.07) is 14.6. The summed E-state index contributed by atoms with van der Waals surface area (Å²) >= 11 is 0.881. The third kappa shape index (κ3) is 3.59. The van der Waals surface area contributed by atoms with Gasteiger partial charge in [-0.25, -0.2) is 0 Å². The van der Waals surface area contributed by atoms with E-state index in [4.69, 9.17) is 4.74 Å². The van der Waals surface area contributed by atoms with Gasteiger partial charge in [0, 0.05) is 12.7 Å². The number of thioether (sulfide) groups is 1. The van der Waals surface area contributed by atoms with Gasteiger partial charge in [0.15, 0.2) is 0 Å². The van der Waals surface area contributed by atoms with Crippen LogP contribution >= 0.6 is 11.8 Å². The molecule has 0 saturated carbocycles. The van der Waals surface area contributed by atoms with E-state index in [9.17, 15) is 14.4 Å². The maximum Gasteiger partial charge on any atom is 0.290 e. The number of para-hydroxylation sites is 1. The molecule has 7 nitrogen and oxygen atoms in total. The Balaban J connectivity index is 1.40. The Labute approximate surface area is 165 Å². The van der Waals surface area contributed by atoms with Crippen molar-refractivity contribution in [3.05, 3.63) is 64.6 Å². The molecule has 0 aromatic heterocycles. The molecule has 2 N–H and O–H groups in total. The third-order valence-corrected chi connectivity index (χ3v) is 5.31. The van der Waals surface area contributed by atoms with E-state index < -0.39 is 0 Å². The van der Waals surface area contributed by atoms with E-state index >= 15 is 0 Å². The van der Waals surface area contributed by atoms with Gasteiger partial charge in [-0.15, -0.1) is 0 Å². The summed E-state index contributed by atoms with van der Waals surface area (Å²) in [6.45, 7) is 0.282. The molecule has 2 aromatic carbocycles. The first kappa shape index (κ1) is 18.1. The third-order valence-electron chi connectivity index (χ3n) is 4.50. The van der Waals surface area contributed by atoms with Crippen LogP contribution in [0.15, 0.2) is 53.4 Å². The Bertz CT molecular complexity index is 987. The highest BCUT2D eigenvalue weighted by molar-refractivity contribution is 8.18. The summed E-state index contributed by atoms with van der Waals surface area (Å²) in [7, 11) is 1.74. The number of anilines is 1. The van der Waals surface area contributed by atoms with Gasteiger partial charge in [-0.3, -0.25) is 19.7 Å². The Morgan fingerprint density at radius 2 is 1.86 bits per heavy atom. The zero-order valence-electron chi connectivity index (χ0n) is 15.0. The number of nitrogens with zero attached hydrogens (tertiary/aromatic N) is 1. The molecule has 3 amide bonds. The van der Waals surface area contributed by atoms with Crippen molar-refractivity contribution in [2.45, 2.75) is 6.17 Å². The summed E-state index contributed by atoms with van der Waals surface area (Å²) in [5.41, 5.74) is 2.23. The number of benzene rings is 2. The van der Waals surface area contributed by atoms with Crippen molar-refractivity contribution < 1.29 is 19.1 Å². The van der Waals surface area contributed by atoms with Gasteiger partial charge >= 0.3 is 0 Å². The van der Waals surface area contributed by atoms with Crippen molar-refractivity contribution in [2.24, 2.45) is 0 Å². The van der Waals surface area contributed by atoms with Crippen LogP contribution in [-0.4, -0.2) is 41.8 Å². The molecule has 1 unspecified atom stereocenters. The zero-order valence-corrected chi connectivity index (χ0v) is 15.8. The monoisotopic (exact) mass is 395 g/mol. The molecule has 2 aliphatic rings. The number of amides is 3. The van der Waals surface area contributed by atoms with Crippen LogP contribution in [0.25, 0.3) is 6.08 Å². The Kier molecular flexibility index (Phi) is 4.79. The normalized spacial score (nSPS) is 20.0. The van der Waals surface area contributed by atoms with Crippen molar-refractivity contribution >= 4 is 40.6 Å². The van der Waals surface area contributed by atoms with E-state index in [1.807, 2.05) is 18.2 Å². The number of ether oxygens (including phenoxy) is 1. The number of nitrogens with one attached hydrogen (secondary N) is 2. The summed E-state index contributed by atoms with van der Waals surface area (Å²) in [5, 5.41) is 5.17. The zero-order chi connectivity index (χ0) is 19.7. The number of fused-ring (bicyclic) bond motifs is 1. The van der Waals surface area contributed by atoms with Crippen LogP contribution in [0.5, 0.6) is 5.75 Å². The lowest BCUT2D eigenvalue weighted by molar-refractivity contribution is -0.115. The molecule has 1 fully saturated rings. The van der Waals surface area contributed by atoms with Crippen LogP contribution in [0.3, 0.4) is 0 Å². The van der Waals surface area contributed by atoms with E-state index in [0.717, 1.165) is 23.0 Å². The number of hydrogen-bond acceptors (Lipinski definition) is 6. The van der Waals surface area contributed by atoms with Crippen molar-refractivity contribution in [1.29, 1.82) is 0 Å². The predicted octanol–water partition coefficient (Wildman–Crippen LogP) is 2.91. The molecule has 8 heteroatoms. The number of likely N-dealkylation sites (N-methyl/N-ethyl adjacent to an activating group) is 1. The van der Waals surface area contributed by atoms with E-state index in [1.165, 1.54) is 0 Å². The first-order valence-electron chi connectivity index (χ1n) is 8.62. The van der Waals surface area contributed by atoms with E-state index in [1.54, 1.807) is 48.4 Å². The molecule has 142 valence electrons. The quantitative estimate of drug-likeness (QED) is 0.774. The van der Waals surface area contributed by atoms with Crippen LogP contribution in [-0.2, 0) is 4.79 Å². The smallest absolute Gasteiger partial charge is 0.290 e. The largest absolute Gasteiger partial charge is 0.489 e. The fourth-order valence-electron chi connectivity index (χ4n) is 2.96. The molecular formula is C20H17N3O4S. The minimum Gasteiger partial charge on any atom is -0.489 e. The Morgan fingerprint density at radius 1 is 1.11 bits per heavy atom. The minimum atomic E-state index is -0.383. The van der Waals surface area contributed by atoms with Gasteiger partial charge < -0.3 is 15.0 Å². The second kappa shape index (κ2) is 7.40. The SMILES string of the molecule is CN1C(=O)c2ccccc2NC1COc1ccc(/C=C2/SC(=O)NC2=O)cc1. The fourth-order valence-corrected chi connectivity index (χ4v) is 3.65. The topological polar surface area (TPSA) is 87.7 Å². The van der Waals surface area contributed by atoms with Crippen LogP contribution in [0, 0.1) is 0 Å². The second-order valence-electron chi connectivity index (χ2n) is 6.35. The van der Waals surface area contributed by atoms with E-state index in [2.05, 4.69) is 10.6 Å². The molecule has 1 atom stereocenters. The van der Waals surface area contributed by atoms with Gasteiger partial charge in [0.05, 0.1) is 10.5 Å². The molecule has 2 heterocycles. The molecule has 0 spiro atoms. The van der Waals surface area contributed by atoms with Gasteiger partial charge in [-0.2, -0.15) is 0 Å². The highest BCUT2D eigenvalue weighted by Crippen LogP contribution is 2.27. The second-order valence-corrected chi connectivity index (χ2v) is 7.37. The Morgan fingerprint density at radius 3 is 2.57 bits per heavy atom. The first-order valence-corrected chi connectivity index (χ1v) is 9.43. The standard InChI is InChI=1S/C20H17N3O4S/c1-23-17(21-15-5-3-2-4-14(15)19(23)25)11-27-13-8-6-12(7-9-13)10-16-18(24)22-20(26)28-16/h2-10,17,21H,11H2,1H3,(H,22,24,26)/b16-10+. The maximum atomic E-state index is 12.5. The van der Waals surface area contributed by atoms with Crippen molar-refractivity contribution in [3.8, 4) is 5.75 Å². The molecule has 0 radical (unpaired) electrons. The molecule has 4 rings (SSSR count). The lowest BCUT2D eigenvalue weighted by Gasteiger charge is -2.35. The van der Waals surface area contributed by atoms with Gasteiger partial charge in [-0.1, -0.05) is 24.3 Å². The van der Waals surface area contributed by atoms with Crippen LogP contribution in [0.4, 0.5) is 10.5 Å². The first-order chi connectivity index (χ1) is 13.5. The average Bonchev–Trinajstić information content (AvgIpc) is 3.01. The summed E-state index contributed by atoms with van der Waals surface area (Å²) < 4.78 is 5.83. The fraction of sp³-hybridized carbons (Fsp3) is 0.150. The predicted molar refractivity (Wildman–Crippen MR) is 107 cm³/mol. The number of carbonyl (C=O) groups excluding carboxylic acids is 3. The molecular weight excluding hydrogens is 378 g/mol. The van der Waals surface area contributed by atoms with Gasteiger partial charge in [0.1, 0.15) is 18.5 Å². The molecule has 1 saturated heterocycles. The van der Waals surface area contributed by atoms with E-state index in [-0.39, 0.29) is 29.8 Å². The van der Waals surface area contributed by atoms with Crippen molar-refractivity contribution in [2.75, 3.05) is 19.0 Å². The summed E-state index contributed by atoms with van der Waals surface area (Å²) in [6.07, 6.45) is 1.37. The molecule has 28 heavy (non-hydrogen) atoms. The van der Waals surface area contributed by atoms with E-state index in [0.29, 0.717) is 16.2 Å². The highest BCUT2D eigenvalue weighted by atomic mass is 32.2.